The highest BCUT2D eigenvalue weighted by molar-refractivity contribution is 4.92. The second-order valence-electron chi connectivity index (χ2n) is 10.9. The van der Waals surface area contributed by atoms with Crippen LogP contribution in [0.25, 0.3) is 0 Å². The topological polar surface area (TPSA) is 12.5 Å². The molecule has 0 spiro atoms. The van der Waals surface area contributed by atoms with Crippen molar-refractivity contribution in [1.82, 2.24) is 4.90 Å². The molecule has 0 saturated carbocycles. The van der Waals surface area contributed by atoms with E-state index in [1.165, 1.54) is 135 Å². The molecule has 0 saturated heterocycles. The lowest BCUT2D eigenvalue weighted by Crippen LogP contribution is -2.32. The molecule has 0 aromatic carbocycles. The Morgan fingerprint density at radius 1 is 0.543 bits per heavy atom. The van der Waals surface area contributed by atoms with Gasteiger partial charge in [-0.1, -0.05) is 134 Å². The highest BCUT2D eigenvalue weighted by Gasteiger charge is 2.11. The van der Waals surface area contributed by atoms with Crippen LogP contribution >= 0.6 is 0 Å². The maximum atomic E-state index is 6.05. The summed E-state index contributed by atoms with van der Waals surface area (Å²) in [6, 6.07) is 0.587. The summed E-state index contributed by atoms with van der Waals surface area (Å²) in [5, 5.41) is 0. The molecule has 0 aliphatic rings. The molecule has 0 bridgehead atoms. The molecule has 1 atom stereocenters. The largest absolute Gasteiger partial charge is 0.380 e. The minimum Gasteiger partial charge on any atom is -0.380 e. The summed E-state index contributed by atoms with van der Waals surface area (Å²) < 4.78 is 6.05. The SMILES string of the molecule is CCCCC/C=C\C/C=C\CCCCCCCCOCC(CCCCCCCCCCC)N(C)C. The molecule has 0 aliphatic carbocycles. The smallest absolute Gasteiger partial charge is 0.0621 e. The van der Waals surface area contributed by atoms with Crippen LogP contribution in [0.15, 0.2) is 24.3 Å². The van der Waals surface area contributed by atoms with Crippen molar-refractivity contribution in [2.45, 2.75) is 161 Å². The van der Waals surface area contributed by atoms with E-state index in [0.717, 1.165) is 19.6 Å². The Morgan fingerprint density at radius 2 is 1.00 bits per heavy atom. The number of hydrogen-bond acceptors (Lipinski definition) is 2. The number of likely N-dealkylation sites (N-methyl/N-ethyl adjacent to an activating group) is 1. The van der Waals surface area contributed by atoms with E-state index in [1.807, 2.05) is 0 Å². The fraction of sp³-hybridized carbons (Fsp3) is 0.879. The number of nitrogens with zero attached hydrogens (tertiary/aromatic N) is 1. The van der Waals surface area contributed by atoms with Gasteiger partial charge in [0.05, 0.1) is 6.61 Å². The third-order valence-electron chi connectivity index (χ3n) is 7.17. The summed E-state index contributed by atoms with van der Waals surface area (Å²) in [5.41, 5.74) is 0. The van der Waals surface area contributed by atoms with Gasteiger partial charge in [-0.25, -0.2) is 0 Å². The van der Waals surface area contributed by atoms with Crippen LogP contribution in [-0.2, 0) is 4.74 Å². The van der Waals surface area contributed by atoms with Gasteiger partial charge in [-0.3, -0.25) is 0 Å². The van der Waals surface area contributed by atoms with Crippen molar-refractivity contribution in [3.05, 3.63) is 24.3 Å². The van der Waals surface area contributed by atoms with Gasteiger partial charge in [0.1, 0.15) is 0 Å². The fourth-order valence-electron chi connectivity index (χ4n) is 4.59. The van der Waals surface area contributed by atoms with E-state index >= 15 is 0 Å². The zero-order chi connectivity index (χ0) is 25.7. The van der Waals surface area contributed by atoms with Crippen molar-refractivity contribution < 1.29 is 4.74 Å². The van der Waals surface area contributed by atoms with Crippen LogP contribution in [0.1, 0.15) is 155 Å². The van der Waals surface area contributed by atoms with E-state index in [4.69, 9.17) is 4.74 Å². The van der Waals surface area contributed by atoms with Gasteiger partial charge in [0, 0.05) is 12.6 Å². The van der Waals surface area contributed by atoms with Crippen LogP contribution in [-0.4, -0.2) is 38.3 Å². The van der Waals surface area contributed by atoms with Gasteiger partial charge in [0.25, 0.3) is 0 Å². The van der Waals surface area contributed by atoms with Crippen LogP contribution in [0, 0.1) is 0 Å². The van der Waals surface area contributed by atoms with Crippen molar-refractivity contribution in [3.63, 3.8) is 0 Å². The fourth-order valence-corrected chi connectivity index (χ4v) is 4.59. The first-order valence-corrected chi connectivity index (χ1v) is 15.8. The lowest BCUT2D eigenvalue weighted by atomic mass is 10.0. The normalized spacial score (nSPS) is 13.1. The van der Waals surface area contributed by atoms with Crippen molar-refractivity contribution in [2.24, 2.45) is 0 Å². The summed E-state index contributed by atoms with van der Waals surface area (Å²) >= 11 is 0. The molecule has 0 heterocycles. The van der Waals surface area contributed by atoms with Crippen LogP contribution in [0.5, 0.6) is 0 Å². The maximum absolute atomic E-state index is 6.05. The predicted octanol–water partition coefficient (Wildman–Crippen LogP) is 10.7. The molecule has 208 valence electrons. The number of ether oxygens (including phenoxy) is 1. The number of allylic oxidation sites excluding steroid dienone is 4. The average Bonchev–Trinajstić information content (AvgIpc) is 2.85. The van der Waals surface area contributed by atoms with E-state index in [2.05, 4.69) is 57.1 Å². The molecule has 0 fully saturated rings. The summed E-state index contributed by atoms with van der Waals surface area (Å²) in [4.78, 5) is 2.36. The lowest BCUT2D eigenvalue weighted by Gasteiger charge is -2.24. The first-order valence-electron chi connectivity index (χ1n) is 15.8. The molecule has 2 heteroatoms. The standard InChI is InChI=1S/C33H65NO/c1-5-7-9-11-13-15-16-17-18-19-20-21-23-25-27-29-31-35-32-33(34(3)4)30-28-26-24-22-14-12-10-8-6-2/h13,15,17-18,33H,5-12,14,16,19-32H2,1-4H3/b15-13-,18-17-. The van der Waals surface area contributed by atoms with Gasteiger partial charge in [-0.15, -0.1) is 0 Å². The highest BCUT2D eigenvalue weighted by atomic mass is 16.5. The van der Waals surface area contributed by atoms with Gasteiger partial charge in [0.2, 0.25) is 0 Å². The van der Waals surface area contributed by atoms with E-state index < -0.39 is 0 Å². The summed E-state index contributed by atoms with van der Waals surface area (Å²) in [5.74, 6) is 0. The molecular weight excluding hydrogens is 426 g/mol. The van der Waals surface area contributed by atoms with Crippen LogP contribution < -0.4 is 0 Å². The van der Waals surface area contributed by atoms with Crippen molar-refractivity contribution >= 4 is 0 Å². The molecule has 1 unspecified atom stereocenters. The molecule has 0 radical (unpaired) electrons. The second-order valence-corrected chi connectivity index (χ2v) is 10.9. The first-order chi connectivity index (χ1) is 17.2. The molecular formula is C33H65NO. The van der Waals surface area contributed by atoms with Gasteiger partial charge in [-0.2, -0.15) is 0 Å². The molecule has 2 nitrogen and oxygen atoms in total. The van der Waals surface area contributed by atoms with Crippen molar-refractivity contribution in [2.75, 3.05) is 27.3 Å². The van der Waals surface area contributed by atoms with E-state index in [-0.39, 0.29) is 0 Å². The van der Waals surface area contributed by atoms with Crippen molar-refractivity contribution in [3.8, 4) is 0 Å². The molecule has 0 aromatic heterocycles. The quantitative estimate of drug-likeness (QED) is 0.0797. The summed E-state index contributed by atoms with van der Waals surface area (Å²) in [6.07, 6.45) is 39.0. The monoisotopic (exact) mass is 492 g/mol. The lowest BCUT2D eigenvalue weighted by molar-refractivity contribution is 0.0721. The van der Waals surface area contributed by atoms with Crippen molar-refractivity contribution in [1.29, 1.82) is 0 Å². The third kappa shape index (κ3) is 27.8. The minimum absolute atomic E-state index is 0.587. The zero-order valence-electron chi connectivity index (χ0n) is 24.7. The van der Waals surface area contributed by atoms with Gasteiger partial charge >= 0.3 is 0 Å². The van der Waals surface area contributed by atoms with Crippen LogP contribution in [0.3, 0.4) is 0 Å². The van der Waals surface area contributed by atoms with Gasteiger partial charge in [-0.05, 0) is 59.0 Å². The first kappa shape index (κ1) is 34.4. The number of rotatable bonds is 28. The highest BCUT2D eigenvalue weighted by Crippen LogP contribution is 2.13. The van der Waals surface area contributed by atoms with E-state index in [0.29, 0.717) is 6.04 Å². The third-order valence-corrected chi connectivity index (χ3v) is 7.17. The Hall–Kier alpha value is -0.600. The molecule has 0 amide bonds. The van der Waals surface area contributed by atoms with Crippen LogP contribution in [0.4, 0.5) is 0 Å². The Morgan fingerprint density at radius 3 is 1.57 bits per heavy atom. The number of hydrogen-bond donors (Lipinski definition) is 0. The average molecular weight is 492 g/mol. The van der Waals surface area contributed by atoms with Crippen LogP contribution in [0.2, 0.25) is 0 Å². The number of unbranched alkanes of at least 4 members (excludes halogenated alkanes) is 17. The van der Waals surface area contributed by atoms with Gasteiger partial charge < -0.3 is 9.64 Å². The van der Waals surface area contributed by atoms with E-state index in [9.17, 15) is 0 Å². The van der Waals surface area contributed by atoms with Gasteiger partial charge in [0.15, 0.2) is 0 Å². The Kier molecular flexibility index (Phi) is 29.1. The Labute approximate surface area is 222 Å². The molecule has 35 heavy (non-hydrogen) atoms. The second kappa shape index (κ2) is 29.6. The molecule has 0 aliphatic heterocycles. The van der Waals surface area contributed by atoms with E-state index in [1.54, 1.807) is 0 Å². The summed E-state index contributed by atoms with van der Waals surface area (Å²) in [6.45, 7) is 6.41. The zero-order valence-corrected chi connectivity index (χ0v) is 24.7. The summed E-state index contributed by atoms with van der Waals surface area (Å²) in [7, 11) is 4.42. The minimum atomic E-state index is 0.587. The molecule has 0 rings (SSSR count). The Balaban J connectivity index is 3.45. The molecule has 0 aromatic rings. The Bertz CT molecular complexity index is 442. The molecule has 0 N–H and O–H groups in total. The predicted molar refractivity (Wildman–Crippen MR) is 159 cm³/mol. The maximum Gasteiger partial charge on any atom is 0.0621 e.